The molecule has 0 aromatic rings. The summed E-state index contributed by atoms with van der Waals surface area (Å²) in [4.78, 5) is 26.2. The Balaban J connectivity index is 2.27. The van der Waals surface area contributed by atoms with E-state index in [1.807, 2.05) is 13.8 Å². The Morgan fingerprint density at radius 3 is 2.32 bits per heavy atom. The van der Waals surface area contributed by atoms with Gasteiger partial charge in [0.2, 0.25) is 0 Å². The highest BCUT2D eigenvalue weighted by Crippen LogP contribution is 2.15. The predicted molar refractivity (Wildman–Crippen MR) is 110 cm³/mol. The van der Waals surface area contributed by atoms with Gasteiger partial charge in [0, 0.05) is 13.0 Å². The molecule has 0 spiro atoms. The average Bonchev–Trinajstić information content (AvgIpc) is 3.16. The summed E-state index contributed by atoms with van der Waals surface area (Å²) in [5, 5.41) is 0. The predicted octanol–water partition coefficient (Wildman–Crippen LogP) is 5.09. The molecule has 1 atom stereocenters. The van der Waals surface area contributed by atoms with Crippen LogP contribution in [0.15, 0.2) is 0 Å². The third kappa shape index (κ3) is 13.0. The zero-order valence-electron chi connectivity index (χ0n) is 18.2. The number of carbonyl (C=O) groups is 2. The Bertz CT molecular complexity index is 421. The summed E-state index contributed by atoms with van der Waals surface area (Å²) in [6.07, 6.45) is 9.59. The van der Waals surface area contributed by atoms with E-state index in [0.717, 1.165) is 45.3 Å². The molecule has 0 saturated carbocycles. The van der Waals surface area contributed by atoms with E-state index in [9.17, 15) is 9.59 Å². The van der Waals surface area contributed by atoms with Crippen LogP contribution >= 0.6 is 0 Å². The second-order valence-corrected chi connectivity index (χ2v) is 8.02. The minimum absolute atomic E-state index is 0.124. The molecule has 1 aliphatic rings. The van der Waals surface area contributed by atoms with Crippen molar-refractivity contribution in [3.8, 4) is 0 Å². The number of nitrogens with zero attached hydrogens (tertiary/aromatic N) is 1. The summed E-state index contributed by atoms with van der Waals surface area (Å²) in [6.45, 7) is 9.50. The van der Waals surface area contributed by atoms with E-state index in [1.165, 1.54) is 32.1 Å². The van der Waals surface area contributed by atoms with Gasteiger partial charge < -0.3 is 19.1 Å². The van der Waals surface area contributed by atoms with Crippen molar-refractivity contribution in [1.82, 2.24) is 4.90 Å². The highest BCUT2D eigenvalue weighted by Gasteiger charge is 2.18. The molecule has 0 amide bonds. The number of carbonyl (C=O) groups excluding carboxylic acids is 2. The maximum absolute atomic E-state index is 12.0. The molecule has 1 heterocycles. The molecule has 0 radical (unpaired) electrons. The zero-order valence-corrected chi connectivity index (χ0v) is 18.2. The summed E-state index contributed by atoms with van der Waals surface area (Å²) in [5.41, 5.74) is 0. The summed E-state index contributed by atoms with van der Waals surface area (Å²) >= 11 is 0. The second kappa shape index (κ2) is 15.6. The van der Waals surface area contributed by atoms with E-state index in [0.29, 0.717) is 13.0 Å². The molecule has 1 saturated heterocycles. The molecule has 1 aliphatic heterocycles. The minimum Gasteiger partial charge on any atom is -0.463 e. The largest absolute Gasteiger partial charge is 0.508 e. The maximum Gasteiger partial charge on any atom is 0.508 e. The fourth-order valence-electron chi connectivity index (χ4n) is 3.46. The van der Waals surface area contributed by atoms with Gasteiger partial charge in [0.25, 0.3) is 0 Å². The van der Waals surface area contributed by atoms with Gasteiger partial charge in [0.1, 0.15) is 6.10 Å². The summed E-state index contributed by atoms with van der Waals surface area (Å²) in [5.74, 6) is -0.242. The number of likely N-dealkylation sites (tertiary alicyclic amines) is 1. The number of hydrogen-bond donors (Lipinski definition) is 0. The molecule has 0 bridgehead atoms. The van der Waals surface area contributed by atoms with Crippen LogP contribution in [0.25, 0.3) is 0 Å². The maximum atomic E-state index is 12.0. The van der Waals surface area contributed by atoms with E-state index >= 15 is 0 Å². The van der Waals surface area contributed by atoms with Crippen molar-refractivity contribution in [2.75, 3.05) is 26.2 Å². The molecule has 0 N–H and O–H groups in total. The van der Waals surface area contributed by atoms with Gasteiger partial charge >= 0.3 is 12.1 Å². The highest BCUT2D eigenvalue weighted by atomic mass is 16.7. The first-order valence-corrected chi connectivity index (χ1v) is 11.3. The molecule has 0 aromatic heterocycles. The van der Waals surface area contributed by atoms with Crippen LogP contribution in [0.5, 0.6) is 0 Å². The zero-order chi connectivity index (χ0) is 20.6. The van der Waals surface area contributed by atoms with Gasteiger partial charge in [-0.25, -0.2) is 4.79 Å². The van der Waals surface area contributed by atoms with Crippen molar-refractivity contribution in [2.45, 2.75) is 104 Å². The van der Waals surface area contributed by atoms with Gasteiger partial charge in [-0.3, -0.25) is 4.79 Å². The molecule has 0 aliphatic carbocycles. The Labute approximate surface area is 171 Å². The first-order valence-electron chi connectivity index (χ1n) is 11.3. The lowest BCUT2D eigenvalue weighted by atomic mass is 10.0. The smallest absolute Gasteiger partial charge is 0.463 e. The molecule has 1 unspecified atom stereocenters. The van der Waals surface area contributed by atoms with Gasteiger partial charge in [-0.15, -0.1) is 0 Å². The summed E-state index contributed by atoms with van der Waals surface area (Å²) < 4.78 is 15.9. The first kappa shape index (κ1) is 24.7. The van der Waals surface area contributed by atoms with Crippen LogP contribution < -0.4 is 0 Å². The average molecular weight is 400 g/mol. The summed E-state index contributed by atoms with van der Waals surface area (Å²) in [7, 11) is 0. The number of esters is 1. The molecule has 28 heavy (non-hydrogen) atoms. The normalized spacial score (nSPS) is 15.6. The number of ether oxygens (including phenoxy) is 3. The van der Waals surface area contributed by atoms with Gasteiger partial charge in [0.15, 0.2) is 0 Å². The van der Waals surface area contributed by atoms with Gasteiger partial charge in [-0.05, 0) is 65.5 Å². The number of unbranched alkanes of at least 4 members (excludes halogenated alkanes) is 4. The Morgan fingerprint density at radius 2 is 1.64 bits per heavy atom. The van der Waals surface area contributed by atoms with Crippen LogP contribution in [-0.2, 0) is 19.0 Å². The molecular formula is C22H41NO5. The molecule has 6 heteroatoms. The monoisotopic (exact) mass is 399 g/mol. The van der Waals surface area contributed by atoms with Crippen LogP contribution in [-0.4, -0.2) is 55.5 Å². The van der Waals surface area contributed by atoms with Crippen LogP contribution in [0.2, 0.25) is 0 Å². The van der Waals surface area contributed by atoms with Crippen LogP contribution in [0.4, 0.5) is 4.79 Å². The lowest BCUT2D eigenvalue weighted by Gasteiger charge is -2.18. The van der Waals surface area contributed by atoms with E-state index in [-0.39, 0.29) is 24.6 Å². The van der Waals surface area contributed by atoms with Crippen molar-refractivity contribution in [3.05, 3.63) is 0 Å². The van der Waals surface area contributed by atoms with E-state index < -0.39 is 6.16 Å². The Hall–Kier alpha value is -1.30. The van der Waals surface area contributed by atoms with Crippen molar-refractivity contribution in [3.63, 3.8) is 0 Å². The van der Waals surface area contributed by atoms with Crippen molar-refractivity contribution >= 4 is 12.1 Å². The Kier molecular flexibility index (Phi) is 13.8. The number of hydrogen-bond acceptors (Lipinski definition) is 6. The van der Waals surface area contributed by atoms with E-state index in [4.69, 9.17) is 14.2 Å². The van der Waals surface area contributed by atoms with Crippen molar-refractivity contribution in [1.29, 1.82) is 0 Å². The summed E-state index contributed by atoms with van der Waals surface area (Å²) in [6, 6.07) is 0. The molecule has 6 nitrogen and oxygen atoms in total. The lowest BCUT2D eigenvalue weighted by Crippen LogP contribution is -2.24. The van der Waals surface area contributed by atoms with Crippen molar-refractivity contribution in [2.24, 2.45) is 0 Å². The molecule has 1 rings (SSSR count). The van der Waals surface area contributed by atoms with Gasteiger partial charge in [-0.1, -0.05) is 32.6 Å². The number of rotatable bonds is 15. The second-order valence-electron chi connectivity index (χ2n) is 8.02. The topological polar surface area (TPSA) is 65.1 Å². The fraction of sp³-hybridized carbons (Fsp3) is 0.909. The SMILES string of the molecule is CCCCCCCC(CCC(=O)OC(C)C)OC(=O)OCCCN1CCCC1. The van der Waals surface area contributed by atoms with Crippen LogP contribution in [0, 0.1) is 0 Å². The third-order valence-corrected chi connectivity index (χ3v) is 4.97. The third-order valence-electron chi connectivity index (χ3n) is 4.97. The van der Waals surface area contributed by atoms with Crippen LogP contribution in [0.3, 0.4) is 0 Å². The Morgan fingerprint density at radius 1 is 0.929 bits per heavy atom. The molecule has 164 valence electrons. The molecule has 0 aromatic carbocycles. The van der Waals surface area contributed by atoms with E-state index in [1.54, 1.807) is 0 Å². The van der Waals surface area contributed by atoms with Gasteiger partial charge in [-0.2, -0.15) is 0 Å². The van der Waals surface area contributed by atoms with Crippen molar-refractivity contribution < 1.29 is 23.8 Å². The first-order chi connectivity index (χ1) is 13.5. The minimum atomic E-state index is -0.614. The fourth-order valence-corrected chi connectivity index (χ4v) is 3.46. The van der Waals surface area contributed by atoms with Crippen LogP contribution in [0.1, 0.15) is 91.4 Å². The van der Waals surface area contributed by atoms with E-state index in [2.05, 4.69) is 11.8 Å². The highest BCUT2D eigenvalue weighted by molar-refractivity contribution is 5.69. The molecular weight excluding hydrogens is 358 g/mol. The molecule has 1 fully saturated rings. The van der Waals surface area contributed by atoms with Gasteiger partial charge in [0.05, 0.1) is 12.7 Å². The standard InChI is InChI=1S/C22H41NO5/c1-4-5-6-7-8-12-20(13-14-21(24)27-19(2)3)28-22(25)26-18-11-17-23-15-9-10-16-23/h19-20H,4-18H2,1-3H3. The quantitative estimate of drug-likeness (QED) is 0.282. The lowest BCUT2D eigenvalue weighted by molar-refractivity contribution is -0.148.